The topological polar surface area (TPSA) is 104 Å². The van der Waals surface area contributed by atoms with Crippen molar-refractivity contribution >= 4 is 5.97 Å². The van der Waals surface area contributed by atoms with E-state index in [0.29, 0.717) is 12.5 Å². The van der Waals surface area contributed by atoms with Crippen LogP contribution in [0.3, 0.4) is 0 Å². The largest absolute Gasteiger partial charge is 0.481 e. The summed E-state index contributed by atoms with van der Waals surface area (Å²) in [5.74, 6) is -0.877. The van der Waals surface area contributed by atoms with Crippen molar-refractivity contribution in [3.8, 4) is 0 Å². The van der Waals surface area contributed by atoms with Crippen LogP contribution in [0, 0.1) is 35.5 Å². The average molecular weight is 512 g/mol. The third kappa shape index (κ3) is 9.08. The Labute approximate surface area is 223 Å². The van der Waals surface area contributed by atoms with Crippen LogP contribution in [0.4, 0.5) is 0 Å². The fraction of sp³-hybridized carbons (Fsp3) is 0.656. The van der Waals surface area contributed by atoms with E-state index in [9.17, 15) is 20.1 Å². The molecule has 0 unspecified atom stereocenters. The highest BCUT2D eigenvalue weighted by atomic mass is 16.4. The maximum Gasteiger partial charge on any atom is 0.309 e. The van der Waals surface area contributed by atoms with Gasteiger partial charge in [0.05, 0.1) is 18.1 Å². The first-order chi connectivity index (χ1) is 17.9. The monoisotopic (exact) mass is 511 g/mol. The lowest BCUT2D eigenvalue weighted by Crippen LogP contribution is -2.45. The van der Waals surface area contributed by atoms with Gasteiger partial charge in [-0.1, -0.05) is 86.7 Å². The van der Waals surface area contributed by atoms with Crippen molar-refractivity contribution in [2.24, 2.45) is 41.2 Å². The molecule has 2 aliphatic carbocycles. The van der Waals surface area contributed by atoms with E-state index in [-0.39, 0.29) is 29.8 Å². The summed E-state index contributed by atoms with van der Waals surface area (Å²) in [7, 11) is 0. The SMILES string of the molecule is C[C@H](O)[C@H](C(=O)O)[C@H]1[C@@H](CCN)[C@H](CCCC=C[C@H](O)CC2CCCCC2)C=C[C@H]1Cc1ccccc1. The number of hydrogen-bond acceptors (Lipinski definition) is 4. The number of allylic oxidation sites excluding steroid dienone is 3. The Kier molecular flexibility index (Phi) is 12.4. The van der Waals surface area contributed by atoms with Crippen LogP contribution in [0.15, 0.2) is 54.6 Å². The molecular weight excluding hydrogens is 462 g/mol. The number of unbranched alkanes of at least 4 members (excludes halogenated alkanes) is 1. The second-order valence-electron chi connectivity index (χ2n) is 11.5. The number of aliphatic hydroxyl groups excluding tert-OH is 2. The van der Waals surface area contributed by atoms with E-state index in [2.05, 4.69) is 30.4 Å². The predicted octanol–water partition coefficient (Wildman–Crippen LogP) is 5.75. The molecule has 37 heavy (non-hydrogen) atoms. The van der Waals surface area contributed by atoms with Gasteiger partial charge in [-0.25, -0.2) is 0 Å². The maximum atomic E-state index is 12.4. The molecule has 5 nitrogen and oxygen atoms in total. The van der Waals surface area contributed by atoms with Crippen LogP contribution in [-0.4, -0.2) is 40.0 Å². The number of carboxylic acid groups (broad SMARTS) is 1. The standard InChI is InChI=1S/C32H49NO4/c1-23(34)30(32(36)37)31-27(21-24-11-5-2-6-12-24)18-17-26(29(31)19-20-33)15-9-4-10-16-28(35)22-25-13-7-3-8-14-25/h2,5-6,10-12,16-18,23,25-31,34-35H,3-4,7-9,13-15,19-22,33H2,1H3,(H,36,37)/t23-,26+,27-,28-,29-,30-,31+/m0/s1. The molecule has 206 valence electrons. The second-order valence-corrected chi connectivity index (χ2v) is 11.5. The molecule has 0 spiro atoms. The van der Waals surface area contributed by atoms with Gasteiger partial charge in [-0.15, -0.1) is 0 Å². The van der Waals surface area contributed by atoms with Gasteiger partial charge in [-0.2, -0.15) is 0 Å². The zero-order valence-electron chi connectivity index (χ0n) is 22.6. The molecular formula is C32H49NO4. The van der Waals surface area contributed by atoms with Crippen molar-refractivity contribution in [1.29, 1.82) is 0 Å². The number of aliphatic carboxylic acids is 1. The van der Waals surface area contributed by atoms with Crippen molar-refractivity contribution in [1.82, 2.24) is 0 Å². The van der Waals surface area contributed by atoms with Crippen LogP contribution in [0.1, 0.15) is 76.7 Å². The van der Waals surface area contributed by atoms with E-state index in [1.54, 1.807) is 6.92 Å². The summed E-state index contributed by atoms with van der Waals surface area (Å²) in [5, 5.41) is 31.1. The lowest BCUT2D eigenvalue weighted by molar-refractivity contribution is -0.151. The molecule has 0 radical (unpaired) electrons. The van der Waals surface area contributed by atoms with Crippen molar-refractivity contribution in [2.75, 3.05) is 6.54 Å². The summed E-state index contributed by atoms with van der Waals surface area (Å²) >= 11 is 0. The number of rotatable bonds is 14. The zero-order valence-corrected chi connectivity index (χ0v) is 22.6. The highest BCUT2D eigenvalue weighted by Crippen LogP contribution is 2.45. The van der Waals surface area contributed by atoms with E-state index in [1.807, 2.05) is 24.3 Å². The number of carbonyl (C=O) groups is 1. The van der Waals surface area contributed by atoms with Crippen LogP contribution in [0.25, 0.3) is 0 Å². The average Bonchev–Trinajstić information content (AvgIpc) is 2.87. The highest BCUT2D eigenvalue weighted by Gasteiger charge is 2.44. The van der Waals surface area contributed by atoms with Crippen molar-refractivity contribution in [2.45, 2.75) is 89.8 Å². The number of carboxylic acids is 1. The second kappa shape index (κ2) is 15.5. The minimum absolute atomic E-state index is 0.0423. The quantitative estimate of drug-likeness (QED) is 0.188. The third-order valence-corrected chi connectivity index (χ3v) is 8.74. The summed E-state index contributed by atoms with van der Waals surface area (Å²) in [6.45, 7) is 2.11. The molecule has 1 saturated carbocycles. The Morgan fingerprint density at radius 3 is 2.41 bits per heavy atom. The fourth-order valence-corrected chi connectivity index (χ4v) is 6.95. The molecule has 0 amide bonds. The predicted molar refractivity (Wildman–Crippen MR) is 150 cm³/mol. The van der Waals surface area contributed by atoms with Gasteiger partial charge in [0.15, 0.2) is 0 Å². The Hall–Kier alpha value is -1.95. The number of benzene rings is 1. The molecule has 2 aliphatic rings. The molecule has 1 fully saturated rings. The number of hydrogen-bond donors (Lipinski definition) is 4. The third-order valence-electron chi connectivity index (χ3n) is 8.74. The van der Waals surface area contributed by atoms with Crippen LogP contribution in [0.2, 0.25) is 0 Å². The Balaban J connectivity index is 1.65. The molecule has 7 atom stereocenters. The van der Waals surface area contributed by atoms with Gasteiger partial charge in [-0.3, -0.25) is 4.79 Å². The van der Waals surface area contributed by atoms with Crippen LogP contribution in [-0.2, 0) is 11.2 Å². The normalized spacial score (nSPS) is 27.2. The zero-order chi connectivity index (χ0) is 26.6. The lowest BCUT2D eigenvalue weighted by atomic mass is 9.61. The van der Waals surface area contributed by atoms with Gasteiger partial charge >= 0.3 is 5.97 Å². The Morgan fingerprint density at radius 2 is 1.76 bits per heavy atom. The minimum atomic E-state index is -0.929. The number of aliphatic hydroxyl groups is 2. The van der Waals surface area contributed by atoms with Gasteiger partial charge in [0, 0.05) is 0 Å². The first-order valence-corrected chi connectivity index (χ1v) is 14.6. The highest BCUT2D eigenvalue weighted by molar-refractivity contribution is 5.71. The van der Waals surface area contributed by atoms with Gasteiger partial charge in [0.1, 0.15) is 0 Å². The molecule has 0 saturated heterocycles. The van der Waals surface area contributed by atoms with Gasteiger partial charge in [-0.05, 0) is 87.1 Å². The summed E-state index contributed by atoms with van der Waals surface area (Å²) in [4.78, 5) is 12.4. The maximum absolute atomic E-state index is 12.4. The Morgan fingerprint density at radius 1 is 1.05 bits per heavy atom. The molecule has 1 aromatic rings. The summed E-state index contributed by atoms with van der Waals surface area (Å²) < 4.78 is 0. The number of nitrogens with two attached hydrogens (primary N) is 1. The first kappa shape index (κ1) is 29.6. The van der Waals surface area contributed by atoms with Crippen molar-refractivity contribution < 1.29 is 20.1 Å². The smallest absolute Gasteiger partial charge is 0.309 e. The summed E-state index contributed by atoms with van der Waals surface area (Å²) in [6, 6.07) is 10.2. The van der Waals surface area contributed by atoms with E-state index < -0.39 is 18.0 Å². The van der Waals surface area contributed by atoms with Crippen molar-refractivity contribution in [3.05, 3.63) is 60.2 Å². The molecule has 0 heterocycles. The molecule has 0 aliphatic heterocycles. The van der Waals surface area contributed by atoms with Crippen molar-refractivity contribution in [3.63, 3.8) is 0 Å². The van der Waals surface area contributed by atoms with E-state index in [4.69, 9.17) is 5.73 Å². The molecule has 5 N–H and O–H groups in total. The summed E-state index contributed by atoms with van der Waals surface area (Å²) in [5.41, 5.74) is 7.23. The van der Waals surface area contributed by atoms with E-state index in [1.165, 1.54) is 37.7 Å². The molecule has 0 aromatic heterocycles. The minimum Gasteiger partial charge on any atom is -0.481 e. The lowest BCUT2D eigenvalue weighted by Gasteiger charge is -2.44. The van der Waals surface area contributed by atoms with Gasteiger partial charge < -0.3 is 21.1 Å². The molecule has 1 aromatic carbocycles. The van der Waals surface area contributed by atoms with Crippen LogP contribution < -0.4 is 5.73 Å². The van der Waals surface area contributed by atoms with E-state index in [0.717, 1.165) is 38.5 Å². The van der Waals surface area contributed by atoms with Crippen LogP contribution >= 0.6 is 0 Å². The fourth-order valence-electron chi connectivity index (χ4n) is 6.95. The summed E-state index contributed by atoms with van der Waals surface area (Å²) in [6.07, 6.45) is 18.9. The van der Waals surface area contributed by atoms with Gasteiger partial charge in [0.25, 0.3) is 0 Å². The first-order valence-electron chi connectivity index (χ1n) is 14.6. The van der Waals surface area contributed by atoms with Gasteiger partial charge in [0.2, 0.25) is 0 Å². The molecule has 0 bridgehead atoms. The molecule has 3 rings (SSSR count). The molecule has 5 heteroatoms. The van der Waals surface area contributed by atoms with E-state index >= 15 is 0 Å². The van der Waals surface area contributed by atoms with Crippen LogP contribution in [0.5, 0.6) is 0 Å². The Bertz CT molecular complexity index is 846.